The second-order valence-electron chi connectivity index (χ2n) is 8.88. The molecule has 0 fully saturated rings. The summed E-state index contributed by atoms with van der Waals surface area (Å²) in [4.78, 5) is 4.39. The molecule has 0 atom stereocenters. The van der Waals surface area contributed by atoms with Crippen LogP contribution in [0.15, 0.2) is 59.5 Å². The summed E-state index contributed by atoms with van der Waals surface area (Å²) in [5.74, 6) is -0.295. The van der Waals surface area contributed by atoms with E-state index in [2.05, 4.69) is 14.8 Å². The third-order valence-corrected chi connectivity index (χ3v) is 6.56. The standard InChI is InChI=1S/C24H25FN4O2S/c1-15-9-11-18-21(26-15)7-6-8-22(18)29-23(13-16(2)27-29)28-32(30,31)17-10-12-19(20(25)14-17)24(3,4)5/h6-14,28H,1-5H3. The van der Waals surface area contributed by atoms with Crippen molar-refractivity contribution in [2.24, 2.45) is 0 Å². The van der Waals surface area contributed by atoms with Gasteiger partial charge >= 0.3 is 0 Å². The first-order chi connectivity index (χ1) is 15.0. The number of nitrogens with zero attached hydrogens (tertiary/aromatic N) is 3. The lowest BCUT2D eigenvalue weighted by Crippen LogP contribution is -2.18. The van der Waals surface area contributed by atoms with Gasteiger partial charge in [0.15, 0.2) is 0 Å². The van der Waals surface area contributed by atoms with E-state index in [0.29, 0.717) is 16.9 Å². The third kappa shape index (κ3) is 4.10. The lowest BCUT2D eigenvalue weighted by atomic mass is 9.87. The van der Waals surface area contributed by atoms with Crippen molar-refractivity contribution in [1.29, 1.82) is 0 Å². The first kappa shape index (κ1) is 22.0. The summed E-state index contributed by atoms with van der Waals surface area (Å²) in [5, 5.41) is 5.32. The van der Waals surface area contributed by atoms with Gasteiger partial charge in [0, 0.05) is 17.1 Å². The zero-order chi connectivity index (χ0) is 23.3. The van der Waals surface area contributed by atoms with E-state index in [1.165, 1.54) is 16.8 Å². The summed E-state index contributed by atoms with van der Waals surface area (Å²) in [5.41, 5.74) is 3.01. The maximum absolute atomic E-state index is 14.7. The van der Waals surface area contributed by atoms with Crippen LogP contribution in [0.2, 0.25) is 0 Å². The van der Waals surface area contributed by atoms with Crippen LogP contribution >= 0.6 is 0 Å². The lowest BCUT2D eigenvalue weighted by Gasteiger charge is -2.20. The first-order valence-corrected chi connectivity index (χ1v) is 11.7. The monoisotopic (exact) mass is 452 g/mol. The van der Waals surface area contributed by atoms with E-state index in [1.54, 1.807) is 13.0 Å². The Morgan fingerprint density at radius 1 is 0.969 bits per heavy atom. The summed E-state index contributed by atoms with van der Waals surface area (Å²) in [6.07, 6.45) is 0. The smallest absolute Gasteiger partial charge is 0.263 e. The summed E-state index contributed by atoms with van der Waals surface area (Å²) < 4.78 is 44.9. The van der Waals surface area contributed by atoms with Gasteiger partial charge in [0.25, 0.3) is 10.0 Å². The number of rotatable bonds is 4. The molecule has 0 unspecified atom stereocenters. The zero-order valence-corrected chi connectivity index (χ0v) is 19.5. The molecule has 8 heteroatoms. The lowest BCUT2D eigenvalue weighted by molar-refractivity contribution is 0.519. The van der Waals surface area contributed by atoms with Crippen molar-refractivity contribution in [2.45, 2.75) is 44.9 Å². The van der Waals surface area contributed by atoms with Crippen molar-refractivity contribution >= 4 is 26.7 Å². The van der Waals surface area contributed by atoms with Crippen molar-refractivity contribution in [3.63, 3.8) is 0 Å². The molecule has 0 spiro atoms. The van der Waals surface area contributed by atoms with Crippen LogP contribution in [0, 0.1) is 19.7 Å². The predicted octanol–water partition coefficient (Wildman–Crippen LogP) is 5.27. The van der Waals surface area contributed by atoms with E-state index in [1.807, 2.05) is 58.0 Å². The predicted molar refractivity (Wildman–Crippen MR) is 124 cm³/mol. The van der Waals surface area contributed by atoms with E-state index in [0.717, 1.165) is 22.7 Å². The Morgan fingerprint density at radius 3 is 2.41 bits per heavy atom. The average molecular weight is 453 g/mol. The minimum absolute atomic E-state index is 0.149. The summed E-state index contributed by atoms with van der Waals surface area (Å²) in [6, 6.07) is 15.1. The fraction of sp³-hybridized carbons (Fsp3) is 0.250. The van der Waals surface area contributed by atoms with E-state index >= 15 is 0 Å². The number of hydrogen-bond acceptors (Lipinski definition) is 4. The summed E-state index contributed by atoms with van der Waals surface area (Å²) in [6.45, 7) is 9.31. The van der Waals surface area contributed by atoms with Crippen LogP contribution in [0.3, 0.4) is 0 Å². The van der Waals surface area contributed by atoms with Crippen molar-refractivity contribution in [3.05, 3.63) is 77.4 Å². The maximum atomic E-state index is 14.7. The van der Waals surface area contributed by atoms with Gasteiger partial charge in [-0.1, -0.05) is 32.9 Å². The number of hydrogen-bond donors (Lipinski definition) is 1. The Bertz CT molecular complexity index is 1440. The SMILES string of the molecule is Cc1ccc2c(-n3nc(C)cc3NS(=O)(=O)c3ccc(C(C)(C)C)c(F)c3)cccc2n1. The molecular weight excluding hydrogens is 427 g/mol. The average Bonchev–Trinajstić information content (AvgIpc) is 3.05. The second kappa shape index (κ2) is 7.70. The van der Waals surface area contributed by atoms with Gasteiger partial charge in [-0.25, -0.2) is 17.5 Å². The first-order valence-electron chi connectivity index (χ1n) is 10.2. The molecular formula is C24H25FN4O2S. The molecule has 4 aromatic rings. The van der Waals surface area contributed by atoms with Gasteiger partial charge in [-0.15, -0.1) is 0 Å². The molecule has 2 heterocycles. The van der Waals surface area contributed by atoms with Gasteiger partial charge in [-0.3, -0.25) is 9.71 Å². The molecule has 32 heavy (non-hydrogen) atoms. The van der Waals surface area contributed by atoms with Crippen LogP contribution in [-0.4, -0.2) is 23.2 Å². The Balaban J connectivity index is 1.77. The van der Waals surface area contributed by atoms with Crippen LogP contribution in [0.25, 0.3) is 16.6 Å². The zero-order valence-electron chi connectivity index (χ0n) is 18.6. The number of anilines is 1. The van der Waals surface area contributed by atoms with Crippen molar-refractivity contribution in [2.75, 3.05) is 4.72 Å². The molecule has 2 aromatic carbocycles. The minimum Gasteiger partial charge on any atom is -0.263 e. The second-order valence-corrected chi connectivity index (χ2v) is 10.6. The van der Waals surface area contributed by atoms with Gasteiger partial charge in [0.1, 0.15) is 11.6 Å². The van der Waals surface area contributed by atoms with Crippen molar-refractivity contribution in [3.8, 4) is 5.69 Å². The number of sulfonamides is 1. The van der Waals surface area contributed by atoms with Gasteiger partial charge in [0.2, 0.25) is 0 Å². The van der Waals surface area contributed by atoms with Crippen LogP contribution in [0.1, 0.15) is 37.7 Å². The van der Waals surface area contributed by atoms with Gasteiger partial charge in [-0.05, 0) is 61.2 Å². The highest BCUT2D eigenvalue weighted by Crippen LogP contribution is 2.29. The highest BCUT2D eigenvalue weighted by Gasteiger charge is 2.23. The largest absolute Gasteiger partial charge is 0.263 e. The molecule has 0 saturated heterocycles. The van der Waals surface area contributed by atoms with E-state index in [-0.39, 0.29) is 10.7 Å². The molecule has 0 aliphatic rings. The van der Waals surface area contributed by atoms with Crippen LogP contribution in [0.5, 0.6) is 0 Å². The molecule has 6 nitrogen and oxygen atoms in total. The molecule has 0 bridgehead atoms. The molecule has 0 radical (unpaired) electrons. The van der Waals surface area contributed by atoms with Gasteiger partial charge < -0.3 is 0 Å². The molecule has 0 saturated carbocycles. The highest BCUT2D eigenvalue weighted by molar-refractivity contribution is 7.92. The molecule has 0 aliphatic heterocycles. The number of pyridine rings is 1. The Hall–Kier alpha value is -3.26. The quantitative estimate of drug-likeness (QED) is 0.457. The number of aromatic nitrogens is 3. The minimum atomic E-state index is -4.04. The molecule has 1 N–H and O–H groups in total. The number of benzene rings is 2. The molecule has 2 aromatic heterocycles. The number of halogens is 1. The van der Waals surface area contributed by atoms with Crippen molar-refractivity contribution < 1.29 is 12.8 Å². The van der Waals surface area contributed by atoms with Crippen LogP contribution < -0.4 is 4.72 Å². The Labute approximate surface area is 187 Å². The fourth-order valence-electron chi connectivity index (χ4n) is 3.65. The number of nitrogens with one attached hydrogen (secondary N) is 1. The Kier molecular flexibility index (Phi) is 5.29. The summed E-state index contributed by atoms with van der Waals surface area (Å²) >= 11 is 0. The van der Waals surface area contributed by atoms with Crippen molar-refractivity contribution in [1.82, 2.24) is 14.8 Å². The molecule has 4 rings (SSSR count). The van der Waals surface area contributed by atoms with E-state index in [4.69, 9.17) is 0 Å². The molecule has 0 amide bonds. The van der Waals surface area contributed by atoms with E-state index in [9.17, 15) is 12.8 Å². The normalized spacial score (nSPS) is 12.3. The Morgan fingerprint density at radius 2 is 1.72 bits per heavy atom. The van der Waals surface area contributed by atoms with Crippen LogP contribution in [-0.2, 0) is 15.4 Å². The topological polar surface area (TPSA) is 76.9 Å². The molecule has 0 aliphatic carbocycles. The van der Waals surface area contributed by atoms with Gasteiger partial charge in [-0.2, -0.15) is 5.10 Å². The highest BCUT2D eigenvalue weighted by atomic mass is 32.2. The number of fused-ring (bicyclic) bond motifs is 1. The van der Waals surface area contributed by atoms with E-state index < -0.39 is 21.3 Å². The fourth-order valence-corrected chi connectivity index (χ4v) is 4.69. The summed E-state index contributed by atoms with van der Waals surface area (Å²) in [7, 11) is -4.04. The van der Waals surface area contributed by atoms with Crippen LogP contribution in [0.4, 0.5) is 10.2 Å². The van der Waals surface area contributed by atoms with Gasteiger partial charge in [0.05, 0.1) is 21.8 Å². The maximum Gasteiger partial charge on any atom is 0.263 e. The number of aryl methyl sites for hydroxylation is 2. The molecule has 166 valence electrons. The third-order valence-electron chi connectivity index (χ3n) is 5.21.